The van der Waals surface area contributed by atoms with Gasteiger partial charge in [0.2, 0.25) is 0 Å². The third-order valence-corrected chi connectivity index (χ3v) is 13.6. The quantitative estimate of drug-likeness (QED) is 0.0602. The molecule has 1 aromatic carbocycles. The Kier molecular flexibility index (Phi) is 15.6. The first-order chi connectivity index (χ1) is 22.8. The smallest absolute Gasteiger partial charge is 0.134 e. The number of fused-ring (bicyclic) bond motifs is 2. The number of unbranched alkanes of at least 4 members (excludes halogenated alkanes) is 18. The molecule has 6 heteroatoms. The Hall–Kier alpha value is -1.60. The number of hydrogen-bond donors (Lipinski definition) is 0. The molecule has 250 valence electrons. The van der Waals surface area contributed by atoms with Crippen molar-refractivity contribution in [3.8, 4) is 19.8 Å². The van der Waals surface area contributed by atoms with Gasteiger partial charge in [0.25, 0.3) is 0 Å². The van der Waals surface area contributed by atoms with Crippen LogP contribution >= 0.6 is 45.3 Å². The summed E-state index contributed by atoms with van der Waals surface area (Å²) in [5, 5.41) is 6.88. The van der Waals surface area contributed by atoms with Crippen LogP contribution in [-0.2, 0) is 12.8 Å². The van der Waals surface area contributed by atoms with E-state index in [1.54, 1.807) is 0 Å². The third kappa shape index (κ3) is 10.7. The molecule has 4 heterocycles. The average Bonchev–Trinajstić information content (AvgIpc) is 3.87. The van der Waals surface area contributed by atoms with Crippen LogP contribution in [0, 0.1) is 0 Å². The lowest BCUT2D eigenvalue weighted by molar-refractivity contribution is 0.556. The molecule has 0 N–H and O–H groups in total. The zero-order valence-electron chi connectivity index (χ0n) is 28.5. The molecule has 0 atom stereocenters. The van der Waals surface area contributed by atoms with E-state index in [1.165, 1.54) is 182 Å². The summed E-state index contributed by atoms with van der Waals surface area (Å²) in [4.78, 5) is 13.1. The van der Waals surface area contributed by atoms with Crippen molar-refractivity contribution in [1.82, 2.24) is 9.97 Å². The van der Waals surface area contributed by atoms with E-state index in [2.05, 4.69) is 48.9 Å². The Morgan fingerprint density at radius 3 is 1.17 bits per heavy atom. The molecule has 0 radical (unpaired) electrons. The first kappa shape index (κ1) is 35.7. The Morgan fingerprint density at radius 2 is 0.804 bits per heavy atom. The summed E-state index contributed by atoms with van der Waals surface area (Å²) in [5.41, 5.74) is 5.22. The van der Waals surface area contributed by atoms with Crippen LogP contribution in [0.1, 0.15) is 153 Å². The number of thiophene rings is 2. The molecule has 4 aromatic heterocycles. The summed E-state index contributed by atoms with van der Waals surface area (Å²) in [6, 6.07) is 9.24. The summed E-state index contributed by atoms with van der Waals surface area (Å²) >= 11 is 7.40. The maximum absolute atomic E-state index is 5.15. The minimum Gasteiger partial charge on any atom is -0.235 e. The van der Waals surface area contributed by atoms with E-state index < -0.39 is 0 Å². The van der Waals surface area contributed by atoms with E-state index in [0.29, 0.717) is 0 Å². The van der Waals surface area contributed by atoms with Crippen molar-refractivity contribution in [2.24, 2.45) is 0 Å². The second-order valence-corrected chi connectivity index (χ2v) is 17.1. The van der Waals surface area contributed by atoms with Crippen molar-refractivity contribution in [2.75, 3.05) is 0 Å². The molecule has 0 bridgehead atoms. The molecule has 0 spiro atoms. The molecule has 5 aromatic rings. The van der Waals surface area contributed by atoms with Crippen molar-refractivity contribution < 1.29 is 0 Å². The van der Waals surface area contributed by atoms with Crippen molar-refractivity contribution in [1.29, 1.82) is 0 Å². The zero-order valence-corrected chi connectivity index (χ0v) is 31.8. The van der Waals surface area contributed by atoms with Crippen molar-refractivity contribution in [3.63, 3.8) is 0 Å². The first-order valence-corrected chi connectivity index (χ1v) is 22.0. The number of benzene rings is 1. The molecular weight excluding hydrogens is 637 g/mol. The second-order valence-electron chi connectivity index (χ2n) is 13.2. The number of aryl methyl sites for hydroxylation is 2. The SMILES string of the molecule is CCCCCCCCCCCCc1ccsc1-c1nc2cc3sc(-c4sccc4CCCCCCCCCCCC)nc3cc2s1. The fraction of sp³-hybridized carbons (Fsp3) is 0.600. The maximum Gasteiger partial charge on any atom is 0.134 e. The molecule has 0 fully saturated rings. The highest BCUT2D eigenvalue weighted by atomic mass is 32.1. The van der Waals surface area contributed by atoms with Crippen molar-refractivity contribution in [2.45, 2.75) is 155 Å². The fourth-order valence-electron chi connectivity index (χ4n) is 6.59. The number of hydrogen-bond acceptors (Lipinski definition) is 6. The van der Waals surface area contributed by atoms with Gasteiger partial charge in [-0.05, 0) is 71.8 Å². The summed E-state index contributed by atoms with van der Waals surface area (Å²) in [7, 11) is 0. The number of thiazole rings is 2. The van der Waals surface area contributed by atoms with E-state index in [1.807, 2.05) is 45.3 Å². The van der Waals surface area contributed by atoms with Crippen LogP contribution in [0.5, 0.6) is 0 Å². The zero-order chi connectivity index (χ0) is 31.8. The Bertz CT molecular complexity index is 1390. The lowest BCUT2D eigenvalue weighted by atomic mass is 10.0. The molecule has 2 nitrogen and oxygen atoms in total. The van der Waals surface area contributed by atoms with Crippen LogP contribution in [-0.4, -0.2) is 9.97 Å². The van der Waals surface area contributed by atoms with Gasteiger partial charge in [0.15, 0.2) is 0 Å². The average molecular weight is 693 g/mol. The first-order valence-electron chi connectivity index (χ1n) is 18.6. The summed E-state index contributed by atoms with van der Waals surface area (Å²) in [5.74, 6) is 0. The molecule has 0 aliphatic carbocycles. The van der Waals surface area contributed by atoms with Gasteiger partial charge in [0.05, 0.1) is 30.2 Å². The lowest BCUT2D eigenvalue weighted by Gasteiger charge is -2.03. The van der Waals surface area contributed by atoms with E-state index in [4.69, 9.17) is 9.97 Å². The third-order valence-electron chi connectivity index (χ3n) is 9.38. The van der Waals surface area contributed by atoms with Crippen molar-refractivity contribution in [3.05, 3.63) is 46.2 Å². The van der Waals surface area contributed by atoms with Gasteiger partial charge in [0.1, 0.15) is 10.0 Å². The van der Waals surface area contributed by atoms with Crippen LogP contribution < -0.4 is 0 Å². The number of nitrogens with zero attached hydrogens (tertiary/aromatic N) is 2. The molecule has 0 saturated heterocycles. The van der Waals surface area contributed by atoms with E-state index in [-0.39, 0.29) is 0 Å². The monoisotopic (exact) mass is 692 g/mol. The van der Waals surface area contributed by atoms with Crippen LogP contribution in [0.4, 0.5) is 0 Å². The highest BCUT2D eigenvalue weighted by Crippen LogP contribution is 2.41. The Morgan fingerprint density at radius 1 is 0.457 bits per heavy atom. The molecule has 0 saturated carbocycles. The Balaban J connectivity index is 1.10. The second kappa shape index (κ2) is 20.0. The van der Waals surface area contributed by atoms with Crippen LogP contribution in [0.15, 0.2) is 35.0 Å². The summed E-state index contributed by atoms with van der Waals surface area (Å²) in [6.07, 6.45) is 30.1. The highest BCUT2D eigenvalue weighted by molar-refractivity contribution is 7.26. The van der Waals surface area contributed by atoms with Gasteiger partial charge in [0, 0.05) is 0 Å². The molecule has 0 aliphatic rings. The van der Waals surface area contributed by atoms with E-state index >= 15 is 0 Å². The number of aromatic nitrogens is 2. The minimum absolute atomic E-state index is 1.12. The molecule has 5 rings (SSSR count). The maximum atomic E-state index is 5.15. The molecule has 0 unspecified atom stereocenters. The topological polar surface area (TPSA) is 25.8 Å². The highest BCUT2D eigenvalue weighted by Gasteiger charge is 2.16. The molecular formula is C40H56N2S4. The summed E-state index contributed by atoms with van der Waals surface area (Å²) in [6.45, 7) is 4.59. The van der Waals surface area contributed by atoms with Gasteiger partial charge in [-0.3, -0.25) is 0 Å². The van der Waals surface area contributed by atoms with Gasteiger partial charge >= 0.3 is 0 Å². The standard InChI is InChI=1S/C40H56N2S4/c1-3-5-7-9-11-13-15-17-19-21-23-31-25-27-43-37(31)39-41-33-29-36-34(30-35(33)45-39)42-40(46-36)38-32(26-28-44-38)24-22-20-18-16-14-12-10-8-6-4-2/h25-30H,3-24H2,1-2H3. The van der Waals surface area contributed by atoms with Gasteiger partial charge in [-0.2, -0.15) is 0 Å². The van der Waals surface area contributed by atoms with Crippen molar-refractivity contribution >= 4 is 65.8 Å². The van der Waals surface area contributed by atoms with Crippen LogP contribution in [0.2, 0.25) is 0 Å². The molecule has 0 amide bonds. The van der Waals surface area contributed by atoms with E-state index in [0.717, 1.165) is 11.0 Å². The van der Waals surface area contributed by atoms with Gasteiger partial charge in [-0.1, -0.05) is 129 Å². The summed E-state index contributed by atoms with van der Waals surface area (Å²) < 4.78 is 2.52. The van der Waals surface area contributed by atoms with Gasteiger partial charge < -0.3 is 0 Å². The van der Waals surface area contributed by atoms with E-state index in [9.17, 15) is 0 Å². The van der Waals surface area contributed by atoms with Gasteiger partial charge in [-0.25, -0.2) is 9.97 Å². The molecule has 0 aliphatic heterocycles. The predicted octanol–water partition coefficient (Wildman–Crippen LogP) is 15.3. The normalized spacial score (nSPS) is 11.9. The number of rotatable bonds is 24. The largest absolute Gasteiger partial charge is 0.235 e. The Labute approximate surface area is 295 Å². The fourth-order valence-corrected chi connectivity index (χ4v) is 10.7. The molecule has 46 heavy (non-hydrogen) atoms. The van der Waals surface area contributed by atoms with Crippen LogP contribution in [0.3, 0.4) is 0 Å². The minimum atomic E-state index is 1.12. The lowest BCUT2D eigenvalue weighted by Crippen LogP contribution is -1.87. The van der Waals surface area contributed by atoms with Gasteiger partial charge in [-0.15, -0.1) is 45.3 Å². The predicted molar refractivity (Wildman–Crippen MR) is 211 cm³/mol. The van der Waals surface area contributed by atoms with Crippen LogP contribution in [0.25, 0.3) is 40.2 Å².